The molecule has 0 spiro atoms. The van der Waals surface area contributed by atoms with Crippen LogP contribution in [0.4, 0.5) is 0 Å². The lowest BCUT2D eigenvalue weighted by Crippen LogP contribution is -2.14. The van der Waals surface area contributed by atoms with Crippen LogP contribution in [0, 0.1) is 0 Å². The molecule has 0 aliphatic rings. The zero-order valence-corrected chi connectivity index (χ0v) is 12.4. The van der Waals surface area contributed by atoms with Crippen molar-refractivity contribution in [3.05, 3.63) is 48.3 Å². The van der Waals surface area contributed by atoms with Gasteiger partial charge in [-0.25, -0.2) is 9.97 Å². The summed E-state index contributed by atoms with van der Waals surface area (Å²) in [5.41, 5.74) is 1.20. The number of aromatic nitrogens is 2. The smallest absolute Gasteiger partial charge is 0.321 e. The molecule has 108 valence electrons. The van der Waals surface area contributed by atoms with Gasteiger partial charge < -0.3 is 10.1 Å². The molecule has 0 bridgehead atoms. The minimum atomic E-state index is 0. The zero-order valence-electron chi connectivity index (χ0n) is 11.6. The third kappa shape index (κ3) is 5.55. The van der Waals surface area contributed by atoms with Crippen LogP contribution in [0.1, 0.15) is 25.3 Å². The Morgan fingerprint density at radius 3 is 2.70 bits per heavy atom. The maximum atomic E-state index is 5.60. The normalized spacial score (nSPS) is 9.85. The van der Waals surface area contributed by atoms with Crippen LogP contribution < -0.4 is 10.1 Å². The first-order chi connectivity index (χ1) is 9.38. The number of nitrogens with one attached hydrogen (secondary N) is 1. The number of unbranched alkanes of at least 4 members (excludes halogenated alkanes) is 1. The van der Waals surface area contributed by atoms with Crippen molar-refractivity contribution in [3.8, 4) is 11.8 Å². The molecule has 0 atom stereocenters. The topological polar surface area (TPSA) is 47.0 Å². The summed E-state index contributed by atoms with van der Waals surface area (Å²) in [5, 5.41) is 3.41. The number of rotatable bonds is 7. The van der Waals surface area contributed by atoms with Gasteiger partial charge in [0.2, 0.25) is 0 Å². The van der Waals surface area contributed by atoms with E-state index in [1.165, 1.54) is 18.4 Å². The number of halogens is 1. The van der Waals surface area contributed by atoms with Gasteiger partial charge in [-0.2, -0.15) is 0 Å². The summed E-state index contributed by atoms with van der Waals surface area (Å²) in [4.78, 5) is 8.08. The van der Waals surface area contributed by atoms with Crippen molar-refractivity contribution in [2.24, 2.45) is 0 Å². The van der Waals surface area contributed by atoms with Crippen molar-refractivity contribution in [1.29, 1.82) is 0 Å². The molecule has 0 radical (unpaired) electrons. The average Bonchev–Trinajstić information content (AvgIpc) is 2.45. The maximum Gasteiger partial charge on any atom is 0.321 e. The molecule has 0 aliphatic heterocycles. The lowest BCUT2D eigenvalue weighted by atomic mass is 10.2. The predicted octanol–water partition coefficient (Wildman–Crippen LogP) is 3.58. The van der Waals surface area contributed by atoms with E-state index < -0.39 is 0 Å². The van der Waals surface area contributed by atoms with E-state index in [9.17, 15) is 0 Å². The van der Waals surface area contributed by atoms with Gasteiger partial charge in [-0.1, -0.05) is 25.5 Å². The molecule has 1 N–H and O–H groups in total. The van der Waals surface area contributed by atoms with Gasteiger partial charge in [0.1, 0.15) is 5.75 Å². The summed E-state index contributed by atoms with van der Waals surface area (Å²) in [7, 11) is 0. The first kappa shape index (κ1) is 16.4. The second kappa shape index (κ2) is 9.28. The standard InChI is InChI=1S/C15H19N3O.ClH/c1-2-3-8-16-12-13-6-4-7-14(11-13)19-15-17-9-5-10-18-15;/h4-7,9-11,16H,2-3,8,12H2,1H3;1H. The van der Waals surface area contributed by atoms with E-state index in [1.54, 1.807) is 18.5 Å². The van der Waals surface area contributed by atoms with Gasteiger partial charge in [-0.3, -0.25) is 0 Å². The van der Waals surface area contributed by atoms with E-state index in [-0.39, 0.29) is 12.4 Å². The van der Waals surface area contributed by atoms with Crippen molar-refractivity contribution in [2.75, 3.05) is 6.54 Å². The third-order valence-corrected chi connectivity index (χ3v) is 2.69. The molecule has 2 rings (SSSR count). The van der Waals surface area contributed by atoms with Gasteiger partial charge in [0.05, 0.1) is 0 Å². The van der Waals surface area contributed by atoms with E-state index in [0.717, 1.165) is 18.8 Å². The first-order valence-corrected chi connectivity index (χ1v) is 6.63. The molecule has 2 aromatic rings. The summed E-state index contributed by atoms with van der Waals surface area (Å²) >= 11 is 0. The Bertz CT molecular complexity index is 493. The molecule has 1 heterocycles. The Hall–Kier alpha value is -1.65. The highest BCUT2D eigenvalue weighted by Crippen LogP contribution is 2.18. The number of hydrogen-bond donors (Lipinski definition) is 1. The third-order valence-electron chi connectivity index (χ3n) is 2.69. The Labute approximate surface area is 126 Å². The lowest BCUT2D eigenvalue weighted by molar-refractivity contribution is 0.441. The second-order valence-corrected chi connectivity index (χ2v) is 4.31. The van der Waals surface area contributed by atoms with Crippen LogP contribution >= 0.6 is 12.4 Å². The van der Waals surface area contributed by atoms with Gasteiger partial charge in [0.25, 0.3) is 0 Å². The van der Waals surface area contributed by atoms with Crippen LogP contribution in [0.3, 0.4) is 0 Å². The SMILES string of the molecule is CCCCNCc1cccc(Oc2ncccn2)c1.Cl. The quantitative estimate of drug-likeness (QED) is 0.793. The molecule has 0 saturated carbocycles. The van der Waals surface area contributed by atoms with E-state index in [0.29, 0.717) is 6.01 Å². The van der Waals surface area contributed by atoms with E-state index in [2.05, 4.69) is 28.3 Å². The fourth-order valence-corrected chi connectivity index (χ4v) is 1.70. The van der Waals surface area contributed by atoms with Crippen molar-refractivity contribution in [3.63, 3.8) is 0 Å². The summed E-state index contributed by atoms with van der Waals surface area (Å²) in [6.07, 6.45) is 5.74. The van der Waals surface area contributed by atoms with Gasteiger partial charge in [0.15, 0.2) is 0 Å². The Kier molecular flexibility index (Phi) is 7.62. The molecular weight excluding hydrogens is 274 g/mol. The molecule has 4 nitrogen and oxygen atoms in total. The molecule has 5 heteroatoms. The van der Waals surface area contributed by atoms with Gasteiger partial charge in [-0.05, 0) is 36.7 Å². The highest BCUT2D eigenvalue weighted by atomic mass is 35.5. The van der Waals surface area contributed by atoms with Crippen molar-refractivity contribution in [1.82, 2.24) is 15.3 Å². The Morgan fingerprint density at radius 2 is 1.95 bits per heavy atom. The summed E-state index contributed by atoms with van der Waals surface area (Å²) in [6, 6.07) is 10.1. The van der Waals surface area contributed by atoms with Crippen LogP contribution in [0.5, 0.6) is 11.8 Å². The monoisotopic (exact) mass is 293 g/mol. The predicted molar refractivity (Wildman–Crippen MR) is 82.4 cm³/mol. The fraction of sp³-hybridized carbons (Fsp3) is 0.333. The molecule has 20 heavy (non-hydrogen) atoms. The average molecular weight is 294 g/mol. The molecule has 1 aromatic heterocycles. The minimum absolute atomic E-state index is 0. The maximum absolute atomic E-state index is 5.60. The molecule has 0 unspecified atom stereocenters. The minimum Gasteiger partial charge on any atom is -0.424 e. The van der Waals surface area contributed by atoms with Crippen LogP contribution in [-0.2, 0) is 6.54 Å². The van der Waals surface area contributed by atoms with Crippen molar-refractivity contribution >= 4 is 12.4 Å². The largest absolute Gasteiger partial charge is 0.424 e. The summed E-state index contributed by atoms with van der Waals surface area (Å²) < 4.78 is 5.60. The molecule has 0 fully saturated rings. The Morgan fingerprint density at radius 1 is 1.15 bits per heavy atom. The first-order valence-electron chi connectivity index (χ1n) is 6.63. The Balaban J connectivity index is 0.00000200. The molecular formula is C15H20ClN3O. The summed E-state index contributed by atoms with van der Waals surface area (Å²) in [6.45, 7) is 4.09. The van der Waals surface area contributed by atoms with E-state index in [1.807, 2.05) is 18.2 Å². The number of nitrogens with zero attached hydrogens (tertiary/aromatic N) is 2. The van der Waals surface area contributed by atoms with Crippen LogP contribution in [0.25, 0.3) is 0 Å². The summed E-state index contributed by atoms with van der Waals surface area (Å²) in [5.74, 6) is 0.765. The molecule has 0 saturated heterocycles. The highest BCUT2D eigenvalue weighted by Gasteiger charge is 2.00. The van der Waals surface area contributed by atoms with Crippen LogP contribution in [-0.4, -0.2) is 16.5 Å². The van der Waals surface area contributed by atoms with Crippen molar-refractivity contribution < 1.29 is 4.74 Å². The molecule has 0 aliphatic carbocycles. The van der Waals surface area contributed by atoms with Gasteiger partial charge in [0, 0.05) is 18.9 Å². The van der Waals surface area contributed by atoms with Crippen LogP contribution in [0.15, 0.2) is 42.7 Å². The highest BCUT2D eigenvalue weighted by molar-refractivity contribution is 5.85. The van der Waals surface area contributed by atoms with E-state index >= 15 is 0 Å². The lowest BCUT2D eigenvalue weighted by Gasteiger charge is -2.07. The molecule has 0 amide bonds. The second-order valence-electron chi connectivity index (χ2n) is 4.31. The van der Waals surface area contributed by atoms with Crippen molar-refractivity contribution in [2.45, 2.75) is 26.3 Å². The fourth-order valence-electron chi connectivity index (χ4n) is 1.70. The van der Waals surface area contributed by atoms with Gasteiger partial charge >= 0.3 is 6.01 Å². The number of hydrogen-bond acceptors (Lipinski definition) is 4. The number of ether oxygens (including phenoxy) is 1. The number of benzene rings is 1. The van der Waals surface area contributed by atoms with Gasteiger partial charge in [-0.15, -0.1) is 12.4 Å². The zero-order chi connectivity index (χ0) is 13.3. The molecule has 1 aromatic carbocycles. The van der Waals surface area contributed by atoms with Crippen LogP contribution in [0.2, 0.25) is 0 Å². The van der Waals surface area contributed by atoms with E-state index in [4.69, 9.17) is 4.74 Å².